The topological polar surface area (TPSA) is 206 Å². The van der Waals surface area contributed by atoms with Crippen LogP contribution in [0, 0.1) is 0 Å². The molecule has 0 aromatic carbocycles. The minimum absolute atomic E-state index is 0.0490. The molecular weight excluding hydrogens is 500 g/mol. The average Bonchev–Trinajstić information content (AvgIpc) is 2.89. The molecule has 0 aliphatic heterocycles. The lowest BCUT2D eigenvalue weighted by Gasteiger charge is -2.14. The van der Waals surface area contributed by atoms with E-state index in [1.165, 1.54) is 6.92 Å². The van der Waals surface area contributed by atoms with Gasteiger partial charge in [-0.2, -0.15) is 0 Å². The van der Waals surface area contributed by atoms with E-state index in [4.69, 9.17) is 5.73 Å². The highest BCUT2D eigenvalue weighted by molar-refractivity contribution is 5.83. The number of nitrogens with one attached hydrogen (secondary N) is 2. The van der Waals surface area contributed by atoms with Crippen molar-refractivity contribution in [3.8, 4) is 0 Å². The van der Waals surface area contributed by atoms with Crippen molar-refractivity contribution in [3.05, 3.63) is 12.2 Å². The fraction of sp³-hybridized carbons (Fsp3) is 0.708. The Morgan fingerprint density at radius 3 is 1.84 bits per heavy atom. The summed E-state index contributed by atoms with van der Waals surface area (Å²) in [7, 11) is 0. The second kappa shape index (κ2) is 22.0. The van der Waals surface area contributed by atoms with E-state index in [0.29, 0.717) is 73.3 Å². The smallest absolute Gasteiger partial charge is 0.246 e. The van der Waals surface area contributed by atoms with Crippen LogP contribution in [0.4, 0.5) is 0 Å². The maximum atomic E-state index is 11.9. The third-order valence-electron chi connectivity index (χ3n) is 5.34. The van der Waals surface area contributed by atoms with Gasteiger partial charge >= 0.3 is 0 Å². The summed E-state index contributed by atoms with van der Waals surface area (Å²) in [5.41, 5.74) is 5.35. The zero-order chi connectivity index (χ0) is 28.8. The van der Waals surface area contributed by atoms with Crippen molar-refractivity contribution in [1.82, 2.24) is 25.8 Å². The summed E-state index contributed by atoms with van der Waals surface area (Å²) in [5.74, 6) is -2.20. The number of hydroxylamine groups is 6. The third kappa shape index (κ3) is 19.1. The first-order valence-corrected chi connectivity index (χ1v) is 12.9. The van der Waals surface area contributed by atoms with E-state index in [2.05, 4.69) is 10.6 Å². The predicted molar refractivity (Wildman–Crippen MR) is 137 cm³/mol. The standard InChI is InChI=1S/C24H44N6O8/c1-20(31)28(36)17-7-2-5-15-26-21(32)10-12-23(34)29(37)18-8-3-6-16-27-22(33)11-13-24(35)30(38)19-9-4-14-25/h3,8,36-38H,2,4-7,9-19,25H2,1H3,(H,26,32)(H,27,33). The molecule has 0 radical (unpaired) electrons. The van der Waals surface area contributed by atoms with Crippen LogP contribution in [0.25, 0.3) is 0 Å². The molecule has 0 atom stereocenters. The van der Waals surface area contributed by atoms with Crippen LogP contribution < -0.4 is 16.4 Å². The average molecular weight is 545 g/mol. The second-order valence-electron chi connectivity index (χ2n) is 8.65. The first kappa shape index (κ1) is 34.9. The molecule has 0 saturated heterocycles. The molecule has 0 aromatic rings. The predicted octanol–water partition coefficient (Wildman–Crippen LogP) is 0.308. The van der Waals surface area contributed by atoms with Gasteiger partial charge in [0.25, 0.3) is 0 Å². The molecule has 0 rings (SSSR count). The quantitative estimate of drug-likeness (QED) is 0.0508. The molecule has 0 saturated carbocycles. The Morgan fingerprint density at radius 1 is 0.684 bits per heavy atom. The van der Waals surface area contributed by atoms with Gasteiger partial charge in [0.05, 0.1) is 6.54 Å². The Labute approximate surface area is 223 Å². The lowest BCUT2D eigenvalue weighted by atomic mass is 10.2. The summed E-state index contributed by atoms with van der Waals surface area (Å²) >= 11 is 0. The van der Waals surface area contributed by atoms with Crippen LogP contribution in [0.15, 0.2) is 12.2 Å². The number of hydrogen-bond acceptors (Lipinski definition) is 9. The van der Waals surface area contributed by atoms with Gasteiger partial charge in [-0.1, -0.05) is 12.2 Å². The Balaban J connectivity index is 3.85. The Kier molecular flexibility index (Phi) is 20.2. The van der Waals surface area contributed by atoms with Crippen molar-refractivity contribution < 1.29 is 39.6 Å². The highest BCUT2D eigenvalue weighted by Crippen LogP contribution is 2.00. The molecule has 0 unspecified atom stereocenters. The van der Waals surface area contributed by atoms with Crippen LogP contribution in [0.1, 0.15) is 71.1 Å². The maximum Gasteiger partial charge on any atom is 0.246 e. The lowest BCUT2D eigenvalue weighted by molar-refractivity contribution is -0.166. The third-order valence-corrected chi connectivity index (χ3v) is 5.34. The van der Waals surface area contributed by atoms with Crippen LogP contribution in [-0.4, -0.2) is 99.6 Å². The molecule has 0 aromatic heterocycles. The van der Waals surface area contributed by atoms with E-state index in [0.717, 1.165) is 0 Å². The Bertz CT molecular complexity index is 764. The van der Waals surface area contributed by atoms with Gasteiger partial charge < -0.3 is 16.4 Å². The van der Waals surface area contributed by atoms with E-state index in [-0.39, 0.29) is 57.1 Å². The van der Waals surface area contributed by atoms with Gasteiger partial charge in [0.1, 0.15) is 0 Å². The summed E-state index contributed by atoms with van der Waals surface area (Å²) in [5, 5.41) is 35.7. The number of carbonyl (C=O) groups is 5. The van der Waals surface area contributed by atoms with Gasteiger partial charge in [0.15, 0.2) is 0 Å². The first-order chi connectivity index (χ1) is 18.1. The van der Waals surface area contributed by atoms with E-state index < -0.39 is 17.7 Å². The molecule has 7 N–H and O–H groups in total. The molecule has 0 heterocycles. The van der Waals surface area contributed by atoms with Crippen molar-refractivity contribution in [2.24, 2.45) is 5.73 Å². The Morgan fingerprint density at radius 2 is 1.24 bits per heavy atom. The molecule has 0 spiro atoms. The number of unbranched alkanes of at least 4 members (excludes halogenated alkanes) is 3. The highest BCUT2D eigenvalue weighted by Gasteiger charge is 2.13. The van der Waals surface area contributed by atoms with Crippen molar-refractivity contribution in [2.75, 3.05) is 39.3 Å². The SMILES string of the molecule is CC(=O)N(O)CCCCCNC(=O)CCC(=O)N(O)CC=CCCNC(=O)CCC(=O)N(O)CCCCN. The maximum absolute atomic E-state index is 11.9. The number of nitrogens with two attached hydrogens (primary N) is 1. The minimum atomic E-state index is -0.601. The highest BCUT2D eigenvalue weighted by atomic mass is 16.5. The van der Waals surface area contributed by atoms with Gasteiger partial charge in [-0.05, 0) is 45.1 Å². The van der Waals surface area contributed by atoms with E-state index in [1.807, 2.05) is 0 Å². The number of amides is 5. The molecule has 14 heteroatoms. The van der Waals surface area contributed by atoms with Gasteiger partial charge in [-0.25, -0.2) is 15.2 Å². The summed E-state index contributed by atoms with van der Waals surface area (Å²) < 4.78 is 0. The van der Waals surface area contributed by atoms with Crippen LogP contribution in [0.5, 0.6) is 0 Å². The lowest BCUT2D eigenvalue weighted by Crippen LogP contribution is -2.31. The molecule has 0 bridgehead atoms. The van der Waals surface area contributed by atoms with Crippen LogP contribution in [0.2, 0.25) is 0 Å². The van der Waals surface area contributed by atoms with Crippen LogP contribution in [-0.2, 0) is 24.0 Å². The molecule has 0 fully saturated rings. The molecule has 5 amide bonds. The van der Waals surface area contributed by atoms with E-state index in [9.17, 15) is 39.6 Å². The first-order valence-electron chi connectivity index (χ1n) is 12.9. The van der Waals surface area contributed by atoms with Crippen molar-refractivity contribution in [1.29, 1.82) is 0 Å². The van der Waals surface area contributed by atoms with Crippen LogP contribution in [0.3, 0.4) is 0 Å². The van der Waals surface area contributed by atoms with Gasteiger partial charge in [0, 0.05) is 58.8 Å². The minimum Gasteiger partial charge on any atom is -0.356 e. The van der Waals surface area contributed by atoms with Crippen molar-refractivity contribution in [3.63, 3.8) is 0 Å². The van der Waals surface area contributed by atoms with Crippen molar-refractivity contribution in [2.45, 2.75) is 71.1 Å². The van der Waals surface area contributed by atoms with Gasteiger partial charge in [-0.3, -0.25) is 39.6 Å². The molecule has 38 heavy (non-hydrogen) atoms. The molecule has 14 nitrogen and oxygen atoms in total. The van der Waals surface area contributed by atoms with Crippen LogP contribution >= 0.6 is 0 Å². The molecular formula is C24H44N6O8. The summed E-state index contributed by atoms with van der Waals surface area (Å²) in [4.78, 5) is 58.1. The monoisotopic (exact) mass is 544 g/mol. The fourth-order valence-corrected chi connectivity index (χ4v) is 3.04. The summed E-state index contributed by atoms with van der Waals surface area (Å²) in [6.45, 7) is 2.80. The van der Waals surface area contributed by atoms with Gasteiger partial charge in [0.2, 0.25) is 29.5 Å². The van der Waals surface area contributed by atoms with E-state index >= 15 is 0 Å². The number of rotatable bonds is 21. The zero-order valence-corrected chi connectivity index (χ0v) is 22.3. The molecule has 218 valence electrons. The zero-order valence-electron chi connectivity index (χ0n) is 22.3. The van der Waals surface area contributed by atoms with E-state index in [1.54, 1.807) is 12.2 Å². The summed E-state index contributed by atoms with van der Waals surface area (Å²) in [6.07, 6.45) is 6.56. The summed E-state index contributed by atoms with van der Waals surface area (Å²) in [6, 6.07) is 0. The normalized spacial score (nSPS) is 10.8. The number of carbonyl (C=O) groups excluding carboxylic acids is 5. The van der Waals surface area contributed by atoms with Gasteiger partial charge in [-0.15, -0.1) is 0 Å². The number of nitrogens with zero attached hydrogens (tertiary/aromatic N) is 3. The number of hydrogen-bond donors (Lipinski definition) is 6. The molecule has 0 aliphatic rings. The second-order valence-corrected chi connectivity index (χ2v) is 8.65. The molecule has 0 aliphatic carbocycles. The largest absolute Gasteiger partial charge is 0.356 e. The van der Waals surface area contributed by atoms with Crippen molar-refractivity contribution >= 4 is 29.5 Å². The Hall–Kier alpha value is -3.07. The fourth-order valence-electron chi connectivity index (χ4n) is 3.04.